The molecule has 24 heavy (non-hydrogen) atoms. The lowest BCUT2D eigenvalue weighted by atomic mass is 10.1. The van der Waals surface area contributed by atoms with Crippen molar-refractivity contribution in [1.82, 2.24) is 0 Å². The van der Waals surface area contributed by atoms with Crippen LogP contribution in [0.1, 0.15) is 24.5 Å². The van der Waals surface area contributed by atoms with Crippen molar-refractivity contribution in [2.45, 2.75) is 13.3 Å². The Bertz CT molecular complexity index is 843. The van der Waals surface area contributed by atoms with Gasteiger partial charge in [0.1, 0.15) is 0 Å². The van der Waals surface area contributed by atoms with Crippen molar-refractivity contribution in [2.24, 2.45) is 10.2 Å². The number of hydrogen-bond acceptors (Lipinski definition) is 5. The fraction of sp³-hybridized carbons (Fsp3) is 0.167. The smallest absolute Gasteiger partial charge is 0.279 e. The maximum Gasteiger partial charge on any atom is 0.279 e. The molecule has 2 aromatic rings. The maximum atomic E-state index is 12.5. The molecule has 0 spiro atoms. The molecule has 6 nitrogen and oxygen atoms in total. The molecule has 3 rings (SSSR count). The SMILES string of the molecule is CCCN1C(=O)/C(=N\N=C/c2ccc(O)c(O)c2)c2ccccc21. The predicted molar refractivity (Wildman–Crippen MR) is 93.0 cm³/mol. The molecule has 2 N–H and O–H groups in total. The Labute approximate surface area is 139 Å². The van der Waals surface area contributed by atoms with Crippen LogP contribution in [0.5, 0.6) is 11.5 Å². The van der Waals surface area contributed by atoms with Gasteiger partial charge in [-0.05, 0) is 36.2 Å². The Hall–Kier alpha value is -3.15. The molecular weight excluding hydrogens is 306 g/mol. The lowest BCUT2D eigenvalue weighted by molar-refractivity contribution is -0.112. The highest BCUT2D eigenvalue weighted by molar-refractivity contribution is 6.54. The lowest BCUT2D eigenvalue weighted by Crippen LogP contribution is -2.30. The van der Waals surface area contributed by atoms with Crippen molar-refractivity contribution in [3.63, 3.8) is 0 Å². The number of phenols is 2. The van der Waals surface area contributed by atoms with Crippen LogP contribution in [0, 0.1) is 0 Å². The summed E-state index contributed by atoms with van der Waals surface area (Å²) in [5.41, 5.74) is 2.49. The van der Waals surface area contributed by atoms with E-state index in [1.165, 1.54) is 18.3 Å². The van der Waals surface area contributed by atoms with E-state index >= 15 is 0 Å². The second-order valence-corrected chi connectivity index (χ2v) is 5.42. The number of aromatic hydroxyl groups is 2. The summed E-state index contributed by atoms with van der Waals surface area (Å²) >= 11 is 0. The molecule has 2 aromatic carbocycles. The van der Waals surface area contributed by atoms with Crippen LogP contribution in [-0.4, -0.2) is 34.6 Å². The standard InChI is InChI=1S/C18H17N3O3/c1-2-9-21-14-6-4-3-5-13(14)17(18(21)24)20-19-11-12-7-8-15(22)16(23)10-12/h3-8,10-11,22-23H,2,9H2,1H3/b19-11-,20-17-. The Kier molecular flexibility index (Phi) is 4.29. The fourth-order valence-electron chi connectivity index (χ4n) is 2.58. The highest BCUT2D eigenvalue weighted by atomic mass is 16.3. The zero-order valence-corrected chi connectivity index (χ0v) is 13.2. The molecule has 0 saturated carbocycles. The van der Waals surface area contributed by atoms with Gasteiger partial charge in [0.2, 0.25) is 0 Å². The monoisotopic (exact) mass is 323 g/mol. The van der Waals surface area contributed by atoms with E-state index in [0.717, 1.165) is 17.7 Å². The van der Waals surface area contributed by atoms with Crippen LogP contribution in [0.25, 0.3) is 0 Å². The first-order valence-corrected chi connectivity index (χ1v) is 7.66. The molecule has 1 amide bonds. The molecule has 122 valence electrons. The third-order valence-electron chi connectivity index (χ3n) is 3.71. The van der Waals surface area contributed by atoms with E-state index in [9.17, 15) is 15.0 Å². The summed E-state index contributed by atoms with van der Waals surface area (Å²) in [5, 5.41) is 26.8. The summed E-state index contributed by atoms with van der Waals surface area (Å²) in [4.78, 5) is 14.2. The Morgan fingerprint density at radius 1 is 1.12 bits per heavy atom. The minimum atomic E-state index is -0.233. The van der Waals surface area contributed by atoms with Crippen molar-refractivity contribution < 1.29 is 15.0 Å². The minimum absolute atomic E-state index is 0.163. The predicted octanol–water partition coefficient (Wildman–Crippen LogP) is 2.68. The van der Waals surface area contributed by atoms with Gasteiger partial charge in [-0.1, -0.05) is 25.1 Å². The first kappa shape index (κ1) is 15.7. The second-order valence-electron chi connectivity index (χ2n) is 5.42. The molecule has 0 aliphatic carbocycles. The molecule has 0 bridgehead atoms. The van der Waals surface area contributed by atoms with E-state index in [1.807, 2.05) is 31.2 Å². The molecule has 0 aromatic heterocycles. The number of anilines is 1. The van der Waals surface area contributed by atoms with Gasteiger partial charge < -0.3 is 15.1 Å². The number of benzene rings is 2. The molecular formula is C18H17N3O3. The van der Waals surface area contributed by atoms with Crippen LogP contribution in [0.3, 0.4) is 0 Å². The molecule has 1 aliphatic rings. The summed E-state index contributed by atoms with van der Waals surface area (Å²) in [7, 11) is 0. The Morgan fingerprint density at radius 2 is 1.92 bits per heavy atom. The van der Waals surface area contributed by atoms with Crippen molar-refractivity contribution in [2.75, 3.05) is 11.4 Å². The van der Waals surface area contributed by atoms with Crippen molar-refractivity contribution in [3.05, 3.63) is 53.6 Å². The number of nitrogens with zero attached hydrogens (tertiary/aromatic N) is 3. The van der Waals surface area contributed by atoms with Gasteiger partial charge in [-0.2, -0.15) is 5.10 Å². The Morgan fingerprint density at radius 3 is 2.67 bits per heavy atom. The molecule has 0 fully saturated rings. The molecule has 1 aliphatic heterocycles. The average Bonchev–Trinajstić information content (AvgIpc) is 2.84. The first-order chi connectivity index (χ1) is 11.6. The summed E-state index contributed by atoms with van der Waals surface area (Å²) in [6.45, 7) is 2.64. The average molecular weight is 323 g/mol. The van der Waals surface area contributed by atoms with E-state index < -0.39 is 0 Å². The molecule has 0 radical (unpaired) electrons. The van der Waals surface area contributed by atoms with Crippen molar-refractivity contribution in [1.29, 1.82) is 0 Å². The van der Waals surface area contributed by atoms with Gasteiger partial charge in [0.15, 0.2) is 17.2 Å². The number of hydrogen-bond donors (Lipinski definition) is 2. The van der Waals surface area contributed by atoms with Crippen LogP contribution in [0.15, 0.2) is 52.7 Å². The number of rotatable bonds is 4. The van der Waals surface area contributed by atoms with Crippen LogP contribution in [0.4, 0.5) is 5.69 Å². The lowest BCUT2D eigenvalue weighted by Gasteiger charge is -2.14. The topological polar surface area (TPSA) is 85.5 Å². The van der Waals surface area contributed by atoms with Gasteiger partial charge in [-0.3, -0.25) is 4.79 Å². The third-order valence-corrected chi connectivity index (χ3v) is 3.71. The van der Waals surface area contributed by atoms with Crippen LogP contribution >= 0.6 is 0 Å². The van der Waals surface area contributed by atoms with Gasteiger partial charge in [0, 0.05) is 12.1 Å². The van der Waals surface area contributed by atoms with Crippen LogP contribution in [0.2, 0.25) is 0 Å². The fourth-order valence-corrected chi connectivity index (χ4v) is 2.58. The van der Waals surface area contributed by atoms with Crippen LogP contribution < -0.4 is 4.90 Å². The molecule has 0 atom stereocenters. The summed E-state index contributed by atoms with van der Waals surface area (Å²) in [6.07, 6.45) is 2.27. The van der Waals surface area contributed by atoms with E-state index in [2.05, 4.69) is 10.2 Å². The molecule has 6 heteroatoms. The van der Waals surface area contributed by atoms with Gasteiger partial charge in [-0.25, -0.2) is 0 Å². The van der Waals surface area contributed by atoms with E-state index in [4.69, 9.17) is 0 Å². The maximum absolute atomic E-state index is 12.5. The first-order valence-electron chi connectivity index (χ1n) is 7.66. The van der Waals surface area contributed by atoms with Gasteiger partial charge in [0.05, 0.1) is 11.9 Å². The zero-order chi connectivity index (χ0) is 17.1. The minimum Gasteiger partial charge on any atom is -0.504 e. The second kappa shape index (κ2) is 6.54. The van der Waals surface area contributed by atoms with Crippen LogP contribution in [-0.2, 0) is 4.79 Å². The normalized spacial score (nSPS) is 15.5. The molecule has 0 saturated heterocycles. The quantitative estimate of drug-likeness (QED) is 0.515. The number of amides is 1. The number of para-hydroxylation sites is 1. The Balaban J connectivity index is 1.90. The zero-order valence-electron chi connectivity index (χ0n) is 13.2. The molecule has 0 unspecified atom stereocenters. The number of carbonyl (C=O) groups excluding carboxylic acids is 1. The van der Waals surface area contributed by atoms with E-state index in [0.29, 0.717) is 17.8 Å². The van der Waals surface area contributed by atoms with Crippen molar-refractivity contribution >= 4 is 23.5 Å². The van der Waals surface area contributed by atoms with Crippen molar-refractivity contribution in [3.8, 4) is 11.5 Å². The van der Waals surface area contributed by atoms with E-state index in [1.54, 1.807) is 11.0 Å². The highest BCUT2D eigenvalue weighted by Crippen LogP contribution is 2.29. The van der Waals surface area contributed by atoms with Gasteiger partial charge in [-0.15, -0.1) is 5.10 Å². The third kappa shape index (κ3) is 2.86. The van der Waals surface area contributed by atoms with Gasteiger partial charge in [0.25, 0.3) is 5.91 Å². The number of phenolic OH excluding ortho intramolecular Hbond substituents is 2. The summed E-state index contributed by atoms with van der Waals surface area (Å²) < 4.78 is 0. The summed E-state index contributed by atoms with van der Waals surface area (Å²) in [5.74, 6) is -0.597. The largest absolute Gasteiger partial charge is 0.504 e. The van der Waals surface area contributed by atoms with Gasteiger partial charge >= 0.3 is 0 Å². The number of fused-ring (bicyclic) bond motifs is 1. The number of carbonyl (C=O) groups is 1. The molecule has 1 heterocycles. The summed E-state index contributed by atoms with van der Waals surface area (Å²) in [6, 6.07) is 11.8. The highest BCUT2D eigenvalue weighted by Gasteiger charge is 2.33. The van der Waals surface area contributed by atoms with E-state index in [-0.39, 0.29) is 17.4 Å².